The Balaban J connectivity index is 1.63. The molecule has 0 atom stereocenters. The lowest BCUT2D eigenvalue weighted by Crippen LogP contribution is -2.25. The van der Waals surface area contributed by atoms with Crippen LogP contribution >= 0.6 is 23.6 Å². The topological polar surface area (TPSA) is 77.3 Å². The molecule has 0 spiro atoms. The molecule has 33 heavy (non-hydrogen) atoms. The van der Waals surface area contributed by atoms with Crippen molar-refractivity contribution < 1.29 is 9.53 Å². The zero-order valence-electron chi connectivity index (χ0n) is 19.1. The fraction of sp³-hybridized carbons (Fsp3) is 0.375. The molecule has 1 aliphatic carbocycles. The number of hydrogen-bond acceptors (Lipinski definition) is 5. The van der Waals surface area contributed by atoms with Gasteiger partial charge in [0.2, 0.25) is 0 Å². The van der Waals surface area contributed by atoms with Gasteiger partial charge in [-0.3, -0.25) is 9.48 Å². The number of aromatic nitrogens is 2. The van der Waals surface area contributed by atoms with E-state index in [-0.39, 0.29) is 16.6 Å². The van der Waals surface area contributed by atoms with Crippen LogP contribution in [0, 0.1) is 6.92 Å². The first-order valence-corrected chi connectivity index (χ1v) is 12.3. The number of fused-ring (bicyclic) bond motifs is 1. The van der Waals surface area contributed by atoms with E-state index in [1.165, 1.54) is 24.8 Å². The smallest absolute Gasteiger partial charge is 0.341 e. The van der Waals surface area contributed by atoms with Gasteiger partial charge in [0.05, 0.1) is 24.1 Å². The molecule has 2 N–H and O–H groups in total. The number of benzene rings is 1. The van der Waals surface area contributed by atoms with Crippen molar-refractivity contribution >= 4 is 45.3 Å². The second-order valence-corrected chi connectivity index (χ2v) is 9.64. The molecule has 9 heteroatoms. The molecule has 0 amide bonds. The Labute approximate surface area is 202 Å². The first-order valence-electron chi connectivity index (χ1n) is 11.1. The van der Waals surface area contributed by atoms with Gasteiger partial charge in [-0.05, 0) is 62.5 Å². The molecule has 0 saturated heterocycles. The fourth-order valence-corrected chi connectivity index (χ4v) is 5.84. The van der Waals surface area contributed by atoms with Crippen LogP contribution in [0.15, 0.2) is 35.1 Å². The Bertz CT molecular complexity index is 1240. The van der Waals surface area contributed by atoms with Gasteiger partial charge in [0.1, 0.15) is 10.7 Å². The molecule has 3 aromatic rings. The van der Waals surface area contributed by atoms with Gasteiger partial charge in [-0.25, -0.2) is 9.48 Å². The van der Waals surface area contributed by atoms with E-state index in [0.717, 1.165) is 42.6 Å². The van der Waals surface area contributed by atoms with Crippen molar-refractivity contribution in [1.29, 1.82) is 0 Å². The van der Waals surface area contributed by atoms with Crippen LogP contribution in [0.25, 0.3) is 5.69 Å². The van der Waals surface area contributed by atoms with E-state index >= 15 is 0 Å². The fourth-order valence-electron chi connectivity index (χ4n) is 4.29. The Morgan fingerprint density at radius 1 is 1.09 bits per heavy atom. The maximum atomic E-state index is 13.2. The third-order valence-corrected chi connectivity index (χ3v) is 7.49. The minimum absolute atomic E-state index is 0.197. The molecular formula is C24H28N4O3S2. The Kier molecular flexibility index (Phi) is 6.99. The lowest BCUT2D eigenvalue weighted by atomic mass is 9.96. The van der Waals surface area contributed by atoms with Gasteiger partial charge in [0.15, 0.2) is 5.11 Å². The van der Waals surface area contributed by atoms with E-state index in [2.05, 4.69) is 10.6 Å². The summed E-state index contributed by atoms with van der Waals surface area (Å²) in [5.74, 6) is -0.360. The predicted molar refractivity (Wildman–Crippen MR) is 137 cm³/mol. The van der Waals surface area contributed by atoms with Crippen molar-refractivity contribution in [3.63, 3.8) is 0 Å². The Morgan fingerprint density at radius 3 is 2.48 bits per heavy atom. The minimum Gasteiger partial charge on any atom is -0.465 e. The molecule has 0 radical (unpaired) electrons. The van der Waals surface area contributed by atoms with E-state index in [4.69, 9.17) is 17.0 Å². The summed E-state index contributed by atoms with van der Waals surface area (Å²) >= 11 is 7.11. The number of methoxy groups -OCH3 is 1. The van der Waals surface area contributed by atoms with Crippen molar-refractivity contribution in [3.8, 4) is 5.69 Å². The van der Waals surface area contributed by atoms with Crippen LogP contribution in [0.1, 0.15) is 52.2 Å². The molecule has 0 saturated carbocycles. The summed E-state index contributed by atoms with van der Waals surface area (Å²) in [4.78, 5) is 27.0. The second-order valence-electron chi connectivity index (χ2n) is 8.13. The van der Waals surface area contributed by atoms with Gasteiger partial charge in [-0.1, -0.05) is 31.0 Å². The summed E-state index contributed by atoms with van der Waals surface area (Å²) < 4.78 is 8.47. The summed E-state index contributed by atoms with van der Waals surface area (Å²) in [7, 11) is 3.23. The molecule has 2 heterocycles. The number of nitrogens with one attached hydrogen (secondary N) is 2. The first-order chi connectivity index (χ1) is 15.9. The van der Waals surface area contributed by atoms with Gasteiger partial charge in [0, 0.05) is 11.9 Å². The van der Waals surface area contributed by atoms with Gasteiger partial charge in [-0.15, -0.1) is 11.3 Å². The molecule has 0 fully saturated rings. The molecule has 1 aromatic carbocycles. The van der Waals surface area contributed by atoms with Gasteiger partial charge < -0.3 is 15.4 Å². The van der Waals surface area contributed by atoms with Crippen molar-refractivity contribution in [2.24, 2.45) is 7.05 Å². The Morgan fingerprint density at radius 2 is 1.79 bits per heavy atom. The van der Waals surface area contributed by atoms with Crippen LogP contribution in [-0.2, 0) is 24.6 Å². The summed E-state index contributed by atoms with van der Waals surface area (Å²) in [5.41, 5.74) is 3.35. The van der Waals surface area contributed by atoms with Gasteiger partial charge >= 0.3 is 5.97 Å². The summed E-state index contributed by atoms with van der Waals surface area (Å²) in [5, 5.41) is 7.18. The quantitative estimate of drug-likeness (QED) is 0.409. The number of esters is 1. The number of carbonyl (C=O) groups excluding carboxylic acids is 1. The number of para-hydroxylation sites is 1. The van der Waals surface area contributed by atoms with Crippen molar-refractivity contribution in [1.82, 2.24) is 9.36 Å². The largest absolute Gasteiger partial charge is 0.465 e. The second kappa shape index (κ2) is 9.93. The van der Waals surface area contributed by atoms with Crippen molar-refractivity contribution in [2.45, 2.75) is 45.4 Å². The number of nitrogens with zero attached hydrogens (tertiary/aromatic N) is 2. The molecule has 1 aliphatic rings. The molecule has 0 unspecified atom stereocenters. The zero-order valence-corrected chi connectivity index (χ0v) is 20.7. The van der Waals surface area contributed by atoms with E-state index < -0.39 is 0 Å². The Hall–Kier alpha value is -2.91. The third kappa shape index (κ3) is 4.60. The summed E-state index contributed by atoms with van der Waals surface area (Å²) in [6.07, 6.45) is 6.34. The molecule has 0 aliphatic heterocycles. The number of thiophene rings is 1. The van der Waals surface area contributed by atoms with Crippen LogP contribution in [-0.4, -0.2) is 27.6 Å². The highest BCUT2D eigenvalue weighted by Crippen LogP contribution is 2.37. The highest BCUT2D eigenvalue weighted by molar-refractivity contribution is 7.80. The standard InChI is InChI=1S/C24H28N4O3S2/c1-15-20(22(29)28(27(15)2)16-11-7-6-8-12-16)25-24(32)26-21-19(23(30)31-3)17-13-9-4-5-10-14-18(17)33-21/h6-8,11-12H,4-5,9-10,13-14H2,1-3H3,(H2,25,26,32). The molecule has 2 aromatic heterocycles. The number of carbonyl (C=O) groups is 1. The average molecular weight is 485 g/mol. The van der Waals surface area contributed by atoms with Crippen LogP contribution in [0.3, 0.4) is 0 Å². The zero-order chi connectivity index (χ0) is 23.5. The van der Waals surface area contributed by atoms with Crippen LogP contribution in [0.4, 0.5) is 10.7 Å². The number of aryl methyl sites for hydroxylation is 1. The predicted octanol–water partition coefficient (Wildman–Crippen LogP) is 4.80. The van der Waals surface area contributed by atoms with Crippen molar-refractivity contribution in [2.75, 3.05) is 17.7 Å². The minimum atomic E-state index is -0.360. The SMILES string of the molecule is COC(=O)c1c(NC(=S)Nc2c(C)n(C)n(-c3ccccc3)c2=O)sc2c1CCCCCC2. The van der Waals surface area contributed by atoms with E-state index in [0.29, 0.717) is 16.3 Å². The lowest BCUT2D eigenvalue weighted by Gasteiger charge is -2.11. The molecule has 174 valence electrons. The molecule has 7 nitrogen and oxygen atoms in total. The van der Waals surface area contributed by atoms with Crippen molar-refractivity contribution in [3.05, 3.63) is 62.4 Å². The molecule has 0 bridgehead atoms. The van der Waals surface area contributed by atoms with Crippen LogP contribution in [0.2, 0.25) is 0 Å². The van der Waals surface area contributed by atoms with E-state index in [1.807, 2.05) is 44.3 Å². The molecular weight excluding hydrogens is 456 g/mol. The maximum Gasteiger partial charge on any atom is 0.341 e. The van der Waals surface area contributed by atoms with Gasteiger partial charge in [0.25, 0.3) is 5.56 Å². The maximum absolute atomic E-state index is 13.2. The summed E-state index contributed by atoms with van der Waals surface area (Å²) in [6.45, 7) is 1.86. The highest BCUT2D eigenvalue weighted by Gasteiger charge is 2.26. The molecule has 4 rings (SSSR count). The highest BCUT2D eigenvalue weighted by atomic mass is 32.1. The lowest BCUT2D eigenvalue weighted by molar-refractivity contribution is 0.0601. The van der Waals surface area contributed by atoms with Crippen LogP contribution < -0.4 is 16.2 Å². The van der Waals surface area contributed by atoms with Gasteiger partial charge in [-0.2, -0.15) is 0 Å². The number of rotatable bonds is 4. The number of ether oxygens (including phenoxy) is 1. The average Bonchev–Trinajstić information content (AvgIpc) is 3.22. The van der Waals surface area contributed by atoms with Crippen LogP contribution in [0.5, 0.6) is 0 Å². The van der Waals surface area contributed by atoms with E-state index in [9.17, 15) is 9.59 Å². The van der Waals surface area contributed by atoms with E-state index in [1.54, 1.807) is 20.7 Å². The number of hydrogen-bond donors (Lipinski definition) is 2. The number of anilines is 2. The first kappa shape index (κ1) is 23.3. The summed E-state index contributed by atoms with van der Waals surface area (Å²) in [6, 6.07) is 9.45. The third-order valence-electron chi connectivity index (χ3n) is 6.08. The number of thiocarbonyl (C=S) groups is 1. The monoisotopic (exact) mass is 484 g/mol. The normalized spacial score (nSPS) is 13.5.